The van der Waals surface area contributed by atoms with Crippen LogP contribution in [0, 0.1) is 0 Å². The Kier molecular flexibility index (Phi) is 11.5. The Hall–Kier alpha value is -6.58. The van der Waals surface area contributed by atoms with Crippen LogP contribution in [0.25, 0.3) is 11.1 Å². The number of benzene rings is 5. The van der Waals surface area contributed by atoms with Crippen LogP contribution in [-0.4, -0.2) is 17.5 Å². The molecule has 5 aromatic rings. The average Bonchev–Trinajstić information content (AvgIpc) is 3.39. The molecule has 0 saturated carbocycles. The van der Waals surface area contributed by atoms with E-state index in [0.29, 0.717) is 0 Å². The van der Waals surface area contributed by atoms with Crippen LogP contribution in [0.15, 0.2) is 213 Å². The summed E-state index contributed by atoms with van der Waals surface area (Å²) in [6.45, 7) is 7.28. The SMILES string of the molecule is C=C1CC(c2ccc(CN(Cc3ccccc3)C3=CCCC=C3)cc2)/C=C\N(C2C=CC=C(c3ccc4c(c3)C/C=C\C=C/CN4c3ccccc3)C2)c2ccccc21. The Bertz CT molecular complexity index is 2480. The fraction of sp³-hybridized carbons (Fsp3) is 0.179. The van der Waals surface area contributed by atoms with E-state index in [2.05, 4.69) is 215 Å². The van der Waals surface area contributed by atoms with Gasteiger partial charge in [-0.05, 0) is 107 Å². The van der Waals surface area contributed by atoms with Gasteiger partial charge in [-0.15, -0.1) is 0 Å². The van der Waals surface area contributed by atoms with E-state index in [1.807, 2.05) is 0 Å². The van der Waals surface area contributed by atoms with Gasteiger partial charge in [0.15, 0.2) is 0 Å². The van der Waals surface area contributed by atoms with E-state index >= 15 is 0 Å². The van der Waals surface area contributed by atoms with Crippen LogP contribution < -0.4 is 9.80 Å². The second kappa shape index (κ2) is 17.9. The first-order valence-electron chi connectivity index (χ1n) is 21.3. The molecule has 2 heterocycles. The predicted molar refractivity (Wildman–Crippen MR) is 250 cm³/mol. The quantitative estimate of drug-likeness (QED) is 0.148. The molecule has 0 amide bonds. The Morgan fingerprint density at radius 3 is 2.24 bits per heavy atom. The van der Waals surface area contributed by atoms with Crippen molar-refractivity contribution < 1.29 is 0 Å². The van der Waals surface area contributed by atoms with Crippen molar-refractivity contribution in [1.82, 2.24) is 4.90 Å². The van der Waals surface area contributed by atoms with Gasteiger partial charge in [0, 0.05) is 60.1 Å². The van der Waals surface area contributed by atoms with Crippen molar-refractivity contribution in [2.45, 2.75) is 57.2 Å². The predicted octanol–water partition coefficient (Wildman–Crippen LogP) is 13.7. The summed E-state index contributed by atoms with van der Waals surface area (Å²) in [6.07, 6.45) is 32.4. The maximum absolute atomic E-state index is 4.69. The molecule has 2 unspecified atom stereocenters. The van der Waals surface area contributed by atoms with Gasteiger partial charge in [0.2, 0.25) is 0 Å². The maximum atomic E-state index is 4.69. The summed E-state index contributed by atoms with van der Waals surface area (Å²) < 4.78 is 0. The van der Waals surface area contributed by atoms with E-state index in [-0.39, 0.29) is 12.0 Å². The van der Waals surface area contributed by atoms with E-state index in [1.54, 1.807) is 0 Å². The lowest BCUT2D eigenvalue weighted by atomic mass is 9.86. The van der Waals surface area contributed by atoms with E-state index in [0.717, 1.165) is 51.7 Å². The molecule has 292 valence electrons. The zero-order chi connectivity index (χ0) is 39.8. The summed E-state index contributed by atoms with van der Waals surface area (Å²) in [5, 5.41) is 0. The summed E-state index contributed by atoms with van der Waals surface area (Å²) in [5.41, 5.74) is 15.4. The largest absolute Gasteiger partial charge is 0.363 e. The van der Waals surface area contributed by atoms with Crippen molar-refractivity contribution in [3.8, 4) is 0 Å². The molecule has 2 aliphatic heterocycles. The van der Waals surface area contributed by atoms with Gasteiger partial charge in [0.05, 0.1) is 6.04 Å². The second-order valence-electron chi connectivity index (χ2n) is 16.1. The van der Waals surface area contributed by atoms with Crippen LogP contribution in [0.5, 0.6) is 0 Å². The lowest BCUT2D eigenvalue weighted by molar-refractivity contribution is 0.337. The number of para-hydroxylation sites is 2. The summed E-state index contributed by atoms with van der Waals surface area (Å²) in [7, 11) is 0. The maximum Gasteiger partial charge on any atom is 0.0560 e. The van der Waals surface area contributed by atoms with Crippen molar-refractivity contribution in [2.75, 3.05) is 16.3 Å². The monoisotopic (exact) mass is 767 g/mol. The van der Waals surface area contributed by atoms with E-state index in [1.165, 1.54) is 67.3 Å². The van der Waals surface area contributed by atoms with E-state index in [4.69, 9.17) is 6.58 Å². The fourth-order valence-electron chi connectivity index (χ4n) is 8.95. The molecule has 5 aromatic carbocycles. The van der Waals surface area contributed by atoms with Gasteiger partial charge in [-0.3, -0.25) is 0 Å². The van der Waals surface area contributed by atoms with Crippen LogP contribution >= 0.6 is 0 Å². The molecule has 3 nitrogen and oxygen atoms in total. The summed E-state index contributed by atoms with van der Waals surface area (Å²) in [5.74, 6) is 0.215. The Balaban J connectivity index is 0.961. The highest BCUT2D eigenvalue weighted by molar-refractivity contribution is 5.80. The van der Waals surface area contributed by atoms with Gasteiger partial charge >= 0.3 is 0 Å². The molecule has 0 radical (unpaired) electrons. The highest BCUT2D eigenvalue weighted by Gasteiger charge is 2.26. The van der Waals surface area contributed by atoms with Gasteiger partial charge < -0.3 is 14.7 Å². The van der Waals surface area contributed by atoms with E-state index in [9.17, 15) is 0 Å². The first kappa shape index (κ1) is 38.0. The molecule has 3 heteroatoms. The van der Waals surface area contributed by atoms with E-state index < -0.39 is 0 Å². The molecular weight excluding hydrogens is 715 g/mol. The number of nitrogens with zero attached hydrogens (tertiary/aromatic N) is 3. The summed E-state index contributed by atoms with van der Waals surface area (Å²) in [6, 6.07) is 47.0. The van der Waals surface area contributed by atoms with Gasteiger partial charge in [-0.25, -0.2) is 0 Å². The van der Waals surface area contributed by atoms with Crippen LogP contribution in [-0.2, 0) is 19.5 Å². The third kappa shape index (κ3) is 8.81. The highest BCUT2D eigenvalue weighted by Crippen LogP contribution is 2.40. The van der Waals surface area contributed by atoms with Crippen LogP contribution in [0.3, 0.4) is 0 Å². The molecule has 0 bridgehead atoms. The Morgan fingerprint density at radius 1 is 0.661 bits per heavy atom. The fourth-order valence-corrected chi connectivity index (χ4v) is 8.95. The zero-order valence-corrected chi connectivity index (χ0v) is 33.9. The Morgan fingerprint density at radius 2 is 1.42 bits per heavy atom. The zero-order valence-electron chi connectivity index (χ0n) is 33.9. The Labute approximate surface area is 351 Å². The lowest BCUT2D eigenvalue weighted by Crippen LogP contribution is -2.31. The number of anilines is 3. The summed E-state index contributed by atoms with van der Waals surface area (Å²) >= 11 is 0. The third-order valence-electron chi connectivity index (χ3n) is 12.1. The number of fused-ring (bicyclic) bond motifs is 2. The molecule has 2 aliphatic carbocycles. The topological polar surface area (TPSA) is 9.72 Å². The highest BCUT2D eigenvalue weighted by atomic mass is 15.2. The number of allylic oxidation sites excluding steroid dienone is 10. The van der Waals surface area contributed by atoms with Crippen LogP contribution in [0.4, 0.5) is 17.1 Å². The smallest absolute Gasteiger partial charge is 0.0560 e. The van der Waals surface area contributed by atoms with Crippen molar-refractivity contribution in [2.24, 2.45) is 0 Å². The van der Waals surface area contributed by atoms with Gasteiger partial charge in [0.25, 0.3) is 0 Å². The molecule has 59 heavy (non-hydrogen) atoms. The number of rotatable bonds is 9. The number of hydrogen-bond donors (Lipinski definition) is 0. The first-order valence-corrected chi connectivity index (χ1v) is 21.3. The molecule has 4 aliphatic rings. The van der Waals surface area contributed by atoms with Gasteiger partial charge in [-0.1, -0.05) is 164 Å². The molecule has 0 fully saturated rings. The minimum absolute atomic E-state index is 0.162. The average molecular weight is 768 g/mol. The molecule has 0 N–H and O–H groups in total. The lowest BCUT2D eigenvalue weighted by Gasteiger charge is -2.35. The first-order chi connectivity index (χ1) is 29.2. The molecule has 2 atom stereocenters. The van der Waals surface area contributed by atoms with Gasteiger partial charge in [0.1, 0.15) is 0 Å². The van der Waals surface area contributed by atoms with Gasteiger partial charge in [-0.2, -0.15) is 0 Å². The normalized spacial score (nSPS) is 20.4. The third-order valence-corrected chi connectivity index (χ3v) is 12.1. The molecule has 0 aromatic heterocycles. The van der Waals surface area contributed by atoms with Crippen LogP contribution in [0.2, 0.25) is 0 Å². The van der Waals surface area contributed by atoms with Crippen LogP contribution in [0.1, 0.15) is 65.0 Å². The molecule has 9 rings (SSSR count). The minimum atomic E-state index is 0.162. The minimum Gasteiger partial charge on any atom is -0.363 e. The molecule has 0 saturated heterocycles. The van der Waals surface area contributed by atoms with Crippen molar-refractivity contribution in [3.63, 3.8) is 0 Å². The van der Waals surface area contributed by atoms with Crippen molar-refractivity contribution in [3.05, 3.63) is 246 Å². The standard InChI is InChI=1S/C56H53N3/c1-43-38-49(46-31-29-45(30-32-46)42-57(51-22-10-5-11-23-51)41-44-18-7-4-8-19-44)35-37-59(56-28-15-14-27-54(43)56)53-26-17-21-47(40-53)48-33-34-55-50(39-48)20-9-2-3-16-36-58(55)52-24-12-6-13-25-52/h2-4,6-10,12-19,21-35,37,39,49,53H,1,5,11,20,36,38,40-42H2/b9-2-,16-3-,37-35-. The van der Waals surface area contributed by atoms with Crippen molar-refractivity contribution in [1.29, 1.82) is 0 Å². The molecular formula is C56H53N3. The summed E-state index contributed by atoms with van der Waals surface area (Å²) in [4.78, 5) is 7.42. The van der Waals surface area contributed by atoms with Crippen molar-refractivity contribution >= 4 is 28.2 Å². The number of hydrogen-bond acceptors (Lipinski definition) is 3. The molecule has 0 spiro atoms. The second-order valence-corrected chi connectivity index (χ2v) is 16.1.